The van der Waals surface area contributed by atoms with Gasteiger partial charge in [0.1, 0.15) is 11.5 Å². The first-order valence-electron chi connectivity index (χ1n) is 6.00. The van der Waals surface area contributed by atoms with Gasteiger partial charge in [-0.3, -0.25) is 0 Å². The molecule has 0 fully saturated rings. The maximum atomic E-state index is 5.74. The van der Waals surface area contributed by atoms with Crippen molar-refractivity contribution in [3.63, 3.8) is 0 Å². The van der Waals surface area contributed by atoms with Gasteiger partial charge in [-0.1, -0.05) is 12.1 Å². The average Bonchev–Trinajstić information content (AvgIpc) is 2.42. The summed E-state index contributed by atoms with van der Waals surface area (Å²) in [5.41, 5.74) is 7.63. The van der Waals surface area contributed by atoms with Crippen LogP contribution in [0.3, 0.4) is 0 Å². The van der Waals surface area contributed by atoms with E-state index in [9.17, 15) is 0 Å². The molecule has 0 atom stereocenters. The van der Waals surface area contributed by atoms with Crippen LogP contribution < -0.4 is 15.2 Å². The van der Waals surface area contributed by atoms with E-state index in [0.717, 1.165) is 28.1 Å². The van der Waals surface area contributed by atoms with Crippen LogP contribution in [0.5, 0.6) is 11.5 Å². The third kappa shape index (κ3) is 3.89. The number of nitrogen functional groups attached to an aromatic ring is 1. The molecule has 0 aliphatic carbocycles. The van der Waals surface area contributed by atoms with Crippen LogP contribution in [0.2, 0.25) is 0 Å². The zero-order valence-corrected chi connectivity index (χ0v) is 12.3. The zero-order valence-electron chi connectivity index (χ0n) is 10.7. The van der Waals surface area contributed by atoms with E-state index in [-0.39, 0.29) is 0 Å². The topological polar surface area (TPSA) is 44.5 Å². The maximum absolute atomic E-state index is 5.74. The minimum atomic E-state index is 0.620. The van der Waals surface area contributed by atoms with E-state index < -0.39 is 0 Å². The van der Waals surface area contributed by atoms with Crippen LogP contribution in [-0.4, -0.2) is 13.7 Å². The monoisotopic (exact) mass is 321 g/mol. The molecule has 4 heteroatoms. The summed E-state index contributed by atoms with van der Waals surface area (Å²) in [5, 5.41) is 0. The number of methoxy groups -OCH3 is 1. The fourth-order valence-corrected chi connectivity index (χ4v) is 2.16. The SMILES string of the molecule is COc1ccc(OCCc2ccc(N)cc2)c(Br)c1. The summed E-state index contributed by atoms with van der Waals surface area (Å²) in [7, 11) is 1.64. The van der Waals surface area contributed by atoms with E-state index in [1.165, 1.54) is 5.56 Å². The summed E-state index contributed by atoms with van der Waals surface area (Å²) in [5.74, 6) is 1.62. The predicted octanol–water partition coefficient (Wildman–Crippen LogP) is 3.66. The largest absolute Gasteiger partial charge is 0.497 e. The summed E-state index contributed by atoms with van der Waals surface area (Å²) in [4.78, 5) is 0. The first-order chi connectivity index (χ1) is 9.19. The van der Waals surface area contributed by atoms with Crippen LogP contribution in [-0.2, 0) is 6.42 Å². The number of ether oxygens (including phenoxy) is 2. The van der Waals surface area contributed by atoms with Crippen molar-refractivity contribution < 1.29 is 9.47 Å². The molecule has 2 aromatic carbocycles. The first-order valence-corrected chi connectivity index (χ1v) is 6.79. The standard InChI is InChI=1S/C15H16BrNO2/c1-18-13-6-7-15(14(16)10-13)19-9-8-11-2-4-12(17)5-3-11/h2-7,10H,8-9,17H2,1H3. The Morgan fingerprint density at radius 1 is 1.11 bits per heavy atom. The average molecular weight is 322 g/mol. The fourth-order valence-electron chi connectivity index (χ4n) is 1.69. The molecule has 0 aliphatic heterocycles. The van der Waals surface area contributed by atoms with Gasteiger partial charge in [0.25, 0.3) is 0 Å². The summed E-state index contributed by atoms with van der Waals surface area (Å²) in [6.45, 7) is 0.620. The molecule has 0 radical (unpaired) electrons. The molecule has 0 bridgehead atoms. The lowest BCUT2D eigenvalue weighted by atomic mass is 10.1. The van der Waals surface area contributed by atoms with Crippen LogP contribution in [0.25, 0.3) is 0 Å². The molecule has 0 amide bonds. The van der Waals surface area contributed by atoms with E-state index in [1.807, 2.05) is 42.5 Å². The molecular weight excluding hydrogens is 306 g/mol. The lowest BCUT2D eigenvalue weighted by molar-refractivity contribution is 0.319. The third-order valence-corrected chi connectivity index (χ3v) is 3.39. The molecule has 0 unspecified atom stereocenters. The van der Waals surface area contributed by atoms with Gasteiger partial charge in [-0.05, 0) is 51.8 Å². The van der Waals surface area contributed by atoms with Crippen molar-refractivity contribution in [2.75, 3.05) is 19.5 Å². The predicted molar refractivity (Wildman–Crippen MR) is 80.7 cm³/mol. The molecule has 19 heavy (non-hydrogen) atoms. The van der Waals surface area contributed by atoms with E-state index >= 15 is 0 Å². The Bertz CT molecular complexity index is 540. The van der Waals surface area contributed by atoms with Crippen LogP contribution >= 0.6 is 15.9 Å². The third-order valence-electron chi connectivity index (χ3n) is 2.77. The van der Waals surface area contributed by atoms with Gasteiger partial charge >= 0.3 is 0 Å². The highest BCUT2D eigenvalue weighted by atomic mass is 79.9. The second kappa shape index (κ2) is 6.48. The molecule has 0 aromatic heterocycles. The van der Waals surface area contributed by atoms with Crippen molar-refractivity contribution in [1.82, 2.24) is 0 Å². The van der Waals surface area contributed by atoms with E-state index in [0.29, 0.717) is 6.61 Å². The molecule has 0 saturated carbocycles. The van der Waals surface area contributed by atoms with Gasteiger partial charge < -0.3 is 15.2 Å². The Kier molecular flexibility index (Phi) is 4.68. The van der Waals surface area contributed by atoms with Gasteiger partial charge in [-0.25, -0.2) is 0 Å². The van der Waals surface area contributed by atoms with Gasteiger partial charge in [0.2, 0.25) is 0 Å². The number of benzene rings is 2. The lowest BCUT2D eigenvalue weighted by Gasteiger charge is -2.09. The maximum Gasteiger partial charge on any atom is 0.133 e. The molecule has 2 aromatic rings. The van der Waals surface area contributed by atoms with Crippen molar-refractivity contribution >= 4 is 21.6 Å². The molecule has 100 valence electrons. The minimum Gasteiger partial charge on any atom is -0.497 e. The normalized spacial score (nSPS) is 10.2. The van der Waals surface area contributed by atoms with Crippen molar-refractivity contribution in [3.05, 3.63) is 52.5 Å². The second-order valence-corrected chi connectivity index (χ2v) is 4.99. The van der Waals surface area contributed by atoms with Crippen molar-refractivity contribution in [1.29, 1.82) is 0 Å². The van der Waals surface area contributed by atoms with E-state index in [4.69, 9.17) is 15.2 Å². The smallest absolute Gasteiger partial charge is 0.133 e. The Morgan fingerprint density at radius 2 is 1.84 bits per heavy atom. The Morgan fingerprint density at radius 3 is 2.47 bits per heavy atom. The van der Waals surface area contributed by atoms with Gasteiger partial charge in [0, 0.05) is 12.1 Å². The van der Waals surface area contributed by atoms with Crippen molar-refractivity contribution in [2.24, 2.45) is 0 Å². The fraction of sp³-hybridized carbons (Fsp3) is 0.200. The summed E-state index contributed by atoms with van der Waals surface area (Å²) >= 11 is 3.46. The van der Waals surface area contributed by atoms with Gasteiger partial charge in [0.15, 0.2) is 0 Å². The van der Waals surface area contributed by atoms with Gasteiger partial charge in [0.05, 0.1) is 18.2 Å². The highest BCUT2D eigenvalue weighted by Crippen LogP contribution is 2.29. The molecule has 0 spiro atoms. The minimum absolute atomic E-state index is 0.620. The number of anilines is 1. The van der Waals surface area contributed by atoms with Crippen molar-refractivity contribution in [2.45, 2.75) is 6.42 Å². The highest BCUT2D eigenvalue weighted by molar-refractivity contribution is 9.10. The first kappa shape index (κ1) is 13.7. The van der Waals surface area contributed by atoms with Crippen LogP contribution in [0.4, 0.5) is 5.69 Å². The van der Waals surface area contributed by atoms with E-state index in [2.05, 4.69) is 15.9 Å². The Labute approximate surface area is 121 Å². The Balaban J connectivity index is 1.90. The van der Waals surface area contributed by atoms with Crippen LogP contribution in [0, 0.1) is 0 Å². The highest BCUT2D eigenvalue weighted by Gasteiger charge is 2.03. The number of rotatable bonds is 5. The second-order valence-electron chi connectivity index (χ2n) is 4.14. The molecule has 2 rings (SSSR count). The van der Waals surface area contributed by atoms with Gasteiger partial charge in [-0.15, -0.1) is 0 Å². The van der Waals surface area contributed by atoms with Crippen LogP contribution in [0.15, 0.2) is 46.9 Å². The molecule has 2 N–H and O–H groups in total. The zero-order chi connectivity index (χ0) is 13.7. The summed E-state index contributed by atoms with van der Waals surface area (Å²) in [6.07, 6.45) is 0.846. The number of halogens is 1. The van der Waals surface area contributed by atoms with Crippen LogP contribution in [0.1, 0.15) is 5.56 Å². The van der Waals surface area contributed by atoms with Gasteiger partial charge in [-0.2, -0.15) is 0 Å². The summed E-state index contributed by atoms with van der Waals surface area (Å²) < 4.78 is 11.8. The molecule has 0 aliphatic rings. The number of hydrogen-bond donors (Lipinski definition) is 1. The molecule has 0 saturated heterocycles. The number of hydrogen-bond acceptors (Lipinski definition) is 3. The number of nitrogens with two attached hydrogens (primary N) is 1. The summed E-state index contributed by atoms with van der Waals surface area (Å²) in [6, 6.07) is 13.5. The molecule has 0 heterocycles. The van der Waals surface area contributed by atoms with E-state index in [1.54, 1.807) is 7.11 Å². The lowest BCUT2D eigenvalue weighted by Crippen LogP contribution is -2.02. The van der Waals surface area contributed by atoms with Crippen molar-refractivity contribution in [3.8, 4) is 11.5 Å². The molecule has 3 nitrogen and oxygen atoms in total. The molecular formula is C15H16BrNO2. The Hall–Kier alpha value is -1.68. The quantitative estimate of drug-likeness (QED) is 0.855.